The highest BCUT2D eigenvalue weighted by molar-refractivity contribution is 4.74. The van der Waals surface area contributed by atoms with Crippen LogP contribution in [0.4, 0.5) is 0 Å². The van der Waals surface area contributed by atoms with E-state index in [2.05, 4.69) is 0 Å². The van der Waals surface area contributed by atoms with Gasteiger partial charge in [0.2, 0.25) is 0 Å². The van der Waals surface area contributed by atoms with Crippen molar-refractivity contribution >= 4 is 0 Å². The third kappa shape index (κ3) is 3.92. The van der Waals surface area contributed by atoms with Crippen LogP contribution in [0, 0.1) is 11.8 Å². The van der Waals surface area contributed by atoms with Crippen molar-refractivity contribution in [3.63, 3.8) is 0 Å². The molecule has 3 rings (SSSR count). The summed E-state index contributed by atoms with van der Waals surface area (Å²) in [5, 5.41) is 0. The molecule has 0 amide bonds. The van der Waals surface area contributed by atoms with Crippen LogP contribution >= 0.6 is 0 Å². The van der Waals surface area contributed by atoms with Crippen LogP contribution in [-0.2, 0) is 18.9 Å². The van der Waals surface area contributed by atoms with Gasteiger partial charge in [0.15, 0.2) is 6.29 Å². The van der Waals surface area contributed by atoms with Crippen LogP contribution in [0.15, 0.2) is 0 Å². The summed E-state index contributed by atoms with van der Waals surface area (Å²) in [6.07, 6.45) is 6.70. The first kappa shape index (κ1) is 12.9. The Morgan fingerprint density at radius 1 is 0.833 bits per heavy atom. The first-order valence-electron chi connectivity index (χ1n) is 7.32. The summed E-state index contributed by atoms with van der Waals surface area (Å²) in [7, 11) is 0. The summed E-state index contributed by atoms with van der Waals surface area (Å²) in [4.78, 5) is 0. The molecule has 0 aromatic rings. The van der Waals surface area contributed by atoms with Crippen LogP contribution in [0.1, 0.15) is 32.1 Å². The Labute approximate surface area is 109 Å². The van der Waals surface area contributed by atoms with E-state index in [9.17, 15) is 0 Å². The molecule has 0 aromatic carbocycles. The molecular weight excluding hydrogens is 232 g/mol. The normalized spacial score (nSPS) is 39.3. The van der Waals surface area contributed by atoms with E-state index in [1.165, 1.54) is 25.7 Å². The van der Waals surface area contributed by atoms with Crippen molar-refractivity contribution in [2.24, 2.45) is 11.8 Å². The van der Waals surface area contributed by atoms with E-state index in [-0.39, 0.29) is 6.29 Å². The summed E-state index contributed by atoms with van der Waals surface area (Å²) < 4.78 is 21.8. The molecular formula is C14H24O4. The summed E-state index contributed by atoms with van der Waals surface area (Å²) in [5.74, 6) is 1.48. The van der Waals surface area contributed by atoms with Gasteiger partial charge in [-0.15, -0.1) is 0 Å². The highest BCUT2D eigenvalue weighted by Gasteiger charge is 2.26. The Bertz CT molecular complexity index is 242. The largest absolute Gasteiger partial charge is 0.378 e. The number of rotatable bonds is 7. The highest BCUT2D eigenvalue weighted by atomic mass is 16.7. The molecule has 0 bridgehead atoms. The van der Waals surface area contributed by atoms with Crippen molar-refractivity contribution in [1.82, 2.24) is 0 Å². The smallest absolute Gasteiger partial charge is 0.159 e. The van der Waals surface area contributed by atoms with Gasteiger partial charge in [0.1, 0.15) is 6.10 Å². The molecule has 2 atom stereocenters. The van der Waals surface area contributed by atoms with E-state index in [4.69, 9.17) is 18.9 Å². The van der Waals surface area contributed by atoms with Gasteiger partial charge in [0, 0.05) is 13.0 Å². The van der Waals surface area contributed by atoms with Gasteiger partial charge in [-0.1, -0.05) is 0 Å². The Hall–Kier alpha value is -0.160. The number of ether oxygens (including phenoxy) is 4. The second kappa shape index (κ2) is 6.33. The summed E-state index contributed by atoms with van der Waals surface area (Å²) >= 11 is 0. The third-order valence-electron chi connectivity index (χ3n) is 4.20. The van der Waals surface area contributed by atoms with Crippen molar-refractivity contribution in [3.8, 4) is 0 Å². The maximum Gasteiger partial charge on any atom is 0.159 e. The molecule has 2 aliphatic heterocycles. The van der Waals surface area contributed by atoms with Gasteiger partial charge < -0.3 is 18.9 Å². The van der Waals surface area contributed by atoms with Gasteiger partial charge in [-0.3, -0.25) is 0 Å². The second-order valence-corrected chi connectivity index (χ2v) is 5.80. The average Bonchev–Trinajstić information content (AvgIpc) is 3.13. The van der Waals surface area contributed by atoms with Gasteiger partial charge in [0.25, 0.3) is 0 Å². The standard InChI is InChI=1S/C14H24O4/c1-3-12(8-18-14-5-6-16-14)4-2-11(1)7-15-9-13-10-17-13/h11-14H,1-10H2. The van der Waals surface area contributed by atoms with Crippen molar-refractivity contribution in [2.75, 3.05) is 33.0 Å². The van der Waals surface area contributed by atoms with Crippen LogP contribution in [-0.4, -0.2) is 45.4 Å². The van der Waals surface area contributed by atoms with Crippen LogP contribution in [0.5, 0.6) is 0 Å². The zero-order chi connectivity index (χ0) is 12.2. The van der Waals surface area contributed by atoms with E-state index in [1.807, 2.05) is 0 Å². The molecule has 2 saturated heterocycles. The van der Waals surface area contributed by atoms with Gasteiger partial charge in [-0.25, -0.2) is 0 Å². The topological polar surface area (TPSA) is 40.2 Å². The van der Waals surface area contributed by atoms with Crippen molar-refractivity contribution in [1.29, 1.82) is 0 Å². The van der Waals surface area contributed by atoms with E-state index in [0.717, 1.165) is 51.3 Å². The summed E-state index contributed by atoms with van der Waals surface area (Å²) in [6, 6.07) is 0. The van der Waals surface area contributed by atoms with Gasteiger partial charge >= 0.3 is 0 Å². The van der Waals surface area contributed by atoms with Gasteiger partial charge in [0.05, 0.1) is 26.4 Å². The highest BCUT2D eigenvalue weighted by Crippen LogP contribution is 2.30. The lowest BCUT2D eigenvalue weighted by molar-refractivity contribution is -0.220. The predicted molar refractivity (Wildman–Crippen MR) is 66.3 cm³/mol. The second-order valence-electron chi connectivity index (χ2n) is 5.80. The molecule has 1 saturated carbocycles. The molecule has 0 spiro atoms. The van der Waals surface area contributed by atoms with Crippen molar-refractivity contribution in [3.05, 3.63) is 0 Å². The lowest BCUT2D eigenvalue weighted by Crippen LogP contribution is -2.32. The maximum absolute atomic E-state index is 5.70. The summed E-state index contributed by atoms with van der Waals surface area (Å²) in [5.41, 5.74) is 0. The molecule has 0 radical (unpaired) electrons. The quantitative estimate of drug-likeness (QED) is 0.653. The van der Waals surface area contributed by atoms with E-state index >= 15 is 0 Å². The molecule has 18 heavy (non-hydrogen) atoms. The Morgan fingerprint density at radius 2 is 1.50 bits per heavy atom. The van der Waals surface area contributed by atoms with Crippen LogP contribution in [0.2, 0.25) is 0 Å². The molecule has 4 nitrogen and oxygen atoms in total. The molecule has 2 heterocycles. The molecule has 3 fully saturated rings. The minimum Gasteiger partial charge on any atom is -0.378 e. The molecule has 2 unspecified atom stereocenters. The zero-order valence-electron chi connectivity index (χ0n) is 11.0. The molecule has 3 aliphatic rings. The fourth-order valence-corrected chi connectivity index (χ4v) is 2.68. The third-order valence-corrected chi connectivity index (χ3v) is 4.20. The summed E-state index contributed by atoms with van der Waals surface area (Å²) in [6.45, 7) is 4.36. The zero-order valence-corrected chi connectivity index (χ0v) is 11.0. The maximum atomic E-state index is 5.70. The lowest BCUT2D eigenvalue weighted by Gasteiger charge is -2.31. The Kier molecular flexibility index (Phi) is 4.52. The molecule has 0 N–H and O–H groups in total. The molecule has 0 aromatic heterocycles. The lowest BCUT2D eigenvalue weighted by atomic mass is 9.83. The minimum absolute atomic E-state index is 0.101. The van der Waals surface area contributed by atoms with Crippen molar-refractivity contribution < 1.29 is 18.9 Å². The van der Waals surface area contributed by atoms with E-state index in [0.29, 0.717) is 6.10 Å². The van der Waals surface area contributed by atoms with Gasteiger partial charge in [-0.05, 0) is 37.5 Å². The van der Waals surface area contributed by atoms with Crippen LogP contribution < -0.4 is 0 Å². The monoisotopic (exact) mass is 256 g/mol. The van der Waals surface area contributed by atoms with Crippen molar-refractivity contribution in [2.45, 2.75) is 44.5 Å². The fraction of sp³-hybridized carbons (Fsp3) is 1.00. The predicted octanol–water partition coefficient (Wildman–Crippen LogP) is 1.97. The molecule has 104 valence electrons. The molecule has 4 heteroatoms. The number of epoxide rings is 1. The fourth-order valence-electron chi connectivity index (χ4n) is 2.68. The average molecular weight is 256 g/mol. The minimum atomic E-state index is 0.101. The molecule has 1 aliphatic carbocycles. The Balaban J connectivity index is 1.23. The SMILES string of the molecule is C1CC(OCC2CCC(COCC3CO3)CC2)O1. The number of hydrogen-bond donors (Lipinski definition) is 0. The van der Waals surface area contributed by atoms with E-state index in [1.54, 1.807) is 0 Å². The van der Waals surface area contributed by atoms with Gasteiger partial charge in [-0.2, -0.15) is 0 Å². The van der Waals surface area contributed by atoms with E-state index < -0.39 is 0 Å². The Morgan fingerprint density at radius 3 is 2.06 bits per heavy atom. The first-order chi connectivity index (χ1) is 8.90. The van der Waals surface area contributed by atoms with Crippen LogP contribution in [0.25, 0.3) is 0 Å². The number of hydrogen-bond acceptors (Lipinski definition) is 4. The van der Waals surface area contributed by atoms with Crippen LogP contribution in [0.3, 0.4) is 0 Å². The first-order valence-corrected chi connectivity index (χ1v) is 7.32.